The van der Waals surface area contributed by atoms with Crippen molar-refractivity contribution in [1.82, 2.24) is 0 Å². The van der Waals surface area contributed by atoms with E-state index in [1.165, 1.54) is 14.2 Å². The van der Waals surface area contributed by atoms with Crippen molar-refractivity contribution in [3.8, 4) is 28.6 Å². The zero-order valence-corrected chi connectivity index (χ0v) is 18.5. The average molecular weight is 445 g/mol. The van der Waals surface area contributed by atoms with Crippen LogP contribution in [0.2, 0.25) is 0 Å². The molecule has 0 aliphatic rings. The van der Waals surface area contributed by atoms with Crippen LogP contribution in [0.5, 0.6) is 17.2 Å². The van der Waals surface area contributed by atoms with Gasteiger partial charge in [0.05, 0.1) is 19.6 Å². The maximum absolute atomic E-state index is 13.3. The maximum Gasteiger partial charge on any atom is 0.262 e. The number of hydrogen-bond donors (Lipinski definition) is 1. The van der Waals surface area contributed by atoms with Crippen LogP contribution >= 0.6 is 0 Å². The molecule has 7 heteroatoms. The smallest absolute Gasteiger partial charge is 0.262 e. The summed E-state index contributed by atoms with van der Waals surface area (Å²) in [6, 6.07) is 19.4. The first-order valence-corrected chi connectivity index (χ1v) is 10.3. The van der Waals surface area contributed by atoms with Crippen LogP contribution in [0.25, 0.3) is 22.3 Å². The number of rotatable bonds is 7. The summed E-state index contributed by atoms with van der Waals surface area (Å²) in [4.78, 5) is 25.7. The van der Waals surface area contributed by atoms with Gasteiger partial charge in [0.15, 0.2) is 23.9 Å². The topological polar surface area (TPSA) is 87.0 Å². The van der Waals surface area contributed by atoms with Crippen LogP contribution < -0.4 is 25.0 Å². The molecular weight excluding hydrogens is 422 g/mol. The Morgan fingerprint density at radius 1 is 0.939 bits per heavy atom. The van der Waals surface area contributed by atoms with E-state index < -0.39 is 5.91 Å². The lowest BCUT2D eigenvalue weighted by Gasteiger charge is -2.14. The number of nitrogens with one attached hydrogen (secondary N) is 1. The van der Waals surface area contributed by atoms with E-state index in [4.69, 9.17) is 18.6 Å². The molecule has 168 valence electrons. The van der Waals surface area contributed by atoms with Crippen molar-refractivity contribution in [3.05, 3.63) is 82.5 Å². The number of ether oxygens (including phenoxy) is 3. The van der Waals surface area contributed by atoms with Crippen molar-refractivity contribution in [2.75, 3.05) is 26.1 Å². The fourth-order valence-electron chi connectivity index (χ4n) is 3.44. The SMILES string of the molecule is COc1ccc(-c2oc3cc(C)ccc3c(=O)c2OCC(=O)Nc2ccccc2)cc1OC. The van der Waals surface area contributed by atoms with E-state index in [0.29, 0.717) is 33.7 Å². The summed E-state index contributed by atoms with van der Waals surface area (Å²) in [5, 5.41) is 3.10. The number of hydrogen-bond acceptors (Lipinski definition) is 6. The van der Waals surface area contributed by atoms with Gasteiger partial charge in [-0.3, -0.25) is 9.59 Å². The first-order chi connectivity index (χ1) is 16.0. The van der Waals surface area contributed by atoms with E-state index in [1.807, 2.05) is 31.2 Å². The number of aryl methyl sites for hydroxylation is 1. The van der Waals surface area contributed by atoms with Gasteiger partial charge in [-0.1, -0.05) is 24.3 Å². The number of methoxy groups -OCH3 is 2. The maximum atomic E-state index is 13.3. The largest absolute Gasteiger partial charge is 0.493 e. The highest BCUT2D eigenvalue weighted by molar-refractivity contribution is 5.92. The molecule has 7 nitrogen and oxygen atoms in total. The summed E-state index contributed by atoms with van der Waals surface area (Å²) in [5.41, 5.74) is 2.18. The molecule has 1 N–H and O–H groups in total. The summed E-state index contributed by atoms with van der Waals surface area (Å²) >= 11 is 0. The van der Waals surface area contributed by atoms with Crippen LogP contribution in [0.1, 0.15) is 5.56 Å². The first kappa shape index (κ1) is 22.0. The zero-order valence-electron chi connectivity index (χ0n) is 18.5. The Bertz CT molecular complexity index is 1360. The van der Waals surface area contributed by atoms with Crippen molar-refractivity contribution in [2.24, 2.45) is 0 Å². The molecule has 0 aliphatic carbocycles. The molecular formula is C26H23NO6. The second-order valence-electron chi connectivity index (χ2n) is 7.36. The molecule has 0 fully saturated rings. The normalized spacial score (nSPS) is 10.6. The third-order valence-electron chi connectivity index (χ3n) is 5.06. The molecule has 0 saturated carbocycles. The Morgan fingerprint density at radius 2 is 1.70 bits per heavy atom. The van der Waals surface area contributed by atoms with Gasteiger partial charge in [-0.2, -0.15) is 0 Å². The van der Waals surface area contributed by atoms with Crippen molar-refractivity contribution < 1.29 is 23.4 Å². The fourth-order valence-corrected chi connectivity index (χ4v) is 3.44. The second-order valence-corrected chi connectivity index (χ2v) is 7.36. The standard InChI is InChI=1S/C26H23NO6/c1-16-9-11-19-21(13-16)33-25(17-10-12-20(30-2)22(14-17)31-3)26(24(19)29)32-15-23(28)27-18-7-5-4-6-8-18/h4-14H,15H2,1-3H3,(H,27,28). The number of benzene rings is 3. The van der Waals surface area contributed by atoms with Gasteiger partial charge in [-0.15, -0.1) is 0 Å². The number of anilines is 1. The molecule has 0 radical (unpaired) electrons. The number of amides is 1. The molecule has 1 amide bonds. The highest BCUT2D eigenvalue weighted by Crippen LogP contribution is 2.36. The van der Waals surface area contributed by atoms with Crippen LogP contribution in [-0.2, 0) is 4.79 Å². The summed E-state index contributed by atoms with van der Waals surface area (Å²) in [7, 11) is 3.06. The highest BCUT2D eigenvalue weighted by atomic mass is 16.5. The Hall–Kier alpha value is -4.26. The van der Waals surface area contributed by atoms with Crippen molar-refractivity contribution >= 4 is 22.6 Å². The molecule has 0 bridgehead atoms. The molecule has 0 unspecified atom stereocenters. The van der Waals surface area contributed by atoms with Gasteiger partial charge in [0, 0.05) is 11.3 Å². The van der Waals surface area contributed by atoms with E-state index >= 15 is 0 Å². The summed E-state index contributed by atoms with van der Waals surface area (Å²) in [6.07, 6.45) is 0. The van der Waals surface area contributed by atoms with Gasteiger partial charge in [0.1, 0.15) is 5.58 Å². The van der Waals surface area contributed by atoms with Gasteiger partial charge in [0.25, 0.3) is 5.91 Å². The Labute approximate surface area is 190 Å². The monoisotopic (exact) mass is 445 g/mol. The molecule has 0 spiro atoms. The predicted molar refractivity (Wildman–Crippen MR) is 126 cm³/mol. The van der Waals surface area contributed by atoms with Gasteiger partial charge < -0.3 is 23.9 Å². The Kier molecular flexibility index (Phi) is 6.31. The van der Waals surface area contributed by atoms with E-state index in [1.54, 1.807) is 42.5 Å². The summed E-state index contributed by atoms with van der Waals surface area (Å²) < 4.78 is 22.5. The quantitative estimate of drug-likeness (QED) is 0.440. The Morgan fingerprint density at radius 3 is 2.42 bits per heavy atom. The minimum atomic E-state index is -0.400. The fraction of sp³-hybridized carbons (Fsp3) is 0.154. The third-order valence-corrected chi connectivity index (χ3v) is 5.06. The van der Waals surface area contributed by atoms with Crippen LogP contribution in [-0.4, -0.2) is 26.7 Å². The predicted octanol–water partition coefficient (Wildman–Crippen LogP) is 4.80. The molecule has 0 atom stereocenters. The van der Waals surface area contributed by atoms with Crippen molar-refractivity contribution in [1.29, 1.82) is 0 Å². The lowest BCUT2D eigenvalue weighted by atomic mass is 10.1. The van der Waals surface area contributed by atoms with Gasteiger partial charge in [-0.25, -0.2) is 0 Å². The van der Waals surface area contributed by atoms with Crippen LogP contribution in [0, 0.1) is 6.92 Å². The van der Waals surface area contributed by atoms with E-state index in [0.717, 1.165) is 5.56 Å². The number of fused-ring (bicyclic) bond motifs is 1. The van der Waals surface area contributed by atoms with E-state index in [-0.39, 0.29) is 23.5 Å². The lowest BCUT2D eigenvalue weighted by Crippen LogP contribution is -2.22. The molecule has 0 saturated heterocycles. The minimum absolute atomic E-state index is 0.0539. The second kappa shape index (κ2) is 9.48. The third kappa shape index (κ3) is 4.67. The summed E-state index contributed by atoms with van der Waals surface area (Å²) in [6.45, 7) is 1.55. The zero-order chi connectivity index (χ0) is 23.4. The molecule has 4 rings (SSSR count). The molecule has 33 heavy (non-hydrogen) atoms. The highest BCUT2D eigenvalue weighted by Gasteiger charge is 2.20. The molecule has 1 heterocycles. The van der Waals surface area contributed by atoms with E-state index in [9.17, 15) is 9.59 Å². The summed E-state index contributed by atoms with van der Waals surface area (Å²) in [5.74, 6) is 0.746. The minimum Gasteiger partial charge on any atom is -0.493 e. The Balaban J connectivity index is 1.75. The van der Waals surface area contributed by atoms with Crippen molar-refractivity contribution in [2.45, 2.75) is 6.92 Å². The van der Waals surface area contributed by atoms with Crippen LogP contribution in [0.3, 0.4) is 0 Å². The lowest BCUT2D eigenvalue weighted by molar-refractivity contribution is -0.118. The molecule has 4 aromatic rings. The molecule has 3 aromatic carbocycles. The van der Waals surface area contributed by atoms with E-state index in [2.05, 4.69) is 5.32 Å². The van der Waals surface area contributed by atoms with Gasteiger partial charge >= 0.3 is 0 Å². The number of carbonyl (C=O) groups excluding carboxylic acids is 1. The van der Waals surface area contributed by atoms with Gasteiger partial charge in [-0.05, 0) is 55.0 Å². The van der Waals surface area contributed by atoms with Gasteiger partial charge in [0.2, 0.25) is 11.2 Å². The van der Waals surface area contributed by atoms with Crippen LogP contribution in [0.4, 0.5) is 5.69 Å². The van der Waals surface area contributed by atoms with Crippen LogP contribution in [0.15, 0.2) is 75.9 Å². The number of carbonyl (C=O) groups is 1. The first-order valence-electron chi connectivity index (χ1n) is 10.3. The molecule has 1 aromatic heterocycles. The van der Waals surface area contributed by atoms with Crippen molar-refractivity contribution in [3.63, 3.8) is 0 Å². The molecule has 0 aliphatic heterocycles. The number of para-hydroxylation sites is 1. The average Bonchev–Trinajstić information content (AvgIpc) is 2.83.